The van der Waals surface area contributed by atoms with Crippen LogP contribution in [0, 0.1) is 23.2 Å². The summed E-state index contributed by atoms with van der Waals surface area (Å²) in [5.74, 6) is 2.68. The van der Waals surface area contributed by atoms with Gasteiger partial charge in [-0.15, -0.1) is 0 Å². The van der Waals surface area contributed by atoms with Gasteiger partial charge < -0.3 is 9.64 Å². The van der Waals surface area contributed by atoms with E-state index in [1.807, 2.05) is 0 Å². The molecule has 0 radical (unpaired) electrons. The quantitative estimate of drug-likeness (QED) is 0.696. The van der Waals surface area contributed by atoms with Gasteiger partial charge in [-0.2, -0.15) is 0 Å². The number of nitrogens with zero attached hydrogens (tertiary/aromatic N) is 2. The molecule has 4 rings (SSSR count). The lowest BCUT2D eigenvalue weighted by atomic mass is 9.53. The molecule has 3 aliphatic rings. The number of morpholine rings is 1. The van der Waals surface area contributed by atoms with Crippen LogP contribution < -0.4 is 0 Å². The summed E-state index contributed by atoms with van der Waals surface area (Å²) in [4.78, 5) is 5.37. The molecular weight excluding hydrogens is 344 g/mol. The summed E-state index contributed by atoms with van der Waals surface area (Å²) in [6.45, 7) is 14.4. The summed E-state index contributed by atoms with van der Waals surface area (Å²) in [6.07, 6.45) is 6.86. The molecule has 1 saturated carbocycles. The Morgan fingerprint density at radius 1 is 0.929 bits per heavy atom. The lowest BCUT2D eigenvalue weighted by molar-refractivity contribution is -0.0634. The third-order valence-electron chi connectivity index (χ3n) is 8.12. The van der Waals surface area contributed by atoms with E-state index in [1.165, 1.54) is 63.8 Å². The molecular formula is C25H40N2O. The minimum absolute atomic E-state index is 0.518. The summed E-state index contributed by atoms with van der Waals surface area (Å²) >= 11 is 0. The van der Waals surface area contributed by atoms with Gasteiger partial charge in [0.25, 0.3) is 0 Å². The van der Waals surface area contributed by atoms with Crippen LogP contribution >= 0.6 is 0 Å². The molecule has 0 aromatic heterocycles. The zero-order valence-electron chi connectivity index (χ0n) is 18.1. The Kier molecular flexibility index (Phi) is 6.75. The Morgan fingerprint density at radius 2 is 1.64 bits per heavy atom. The molecule has 2 atom stereocenters. The Labute approximate surface area is 172 Å². The van der Waals surface area contributed by atoms with Crippen LogP contribution in [0.1, 0.15) is 45.1 Å². The predicted octanol–water partition coefficient (Wildman–Crippen LogP) is 4.33. The second-order valence-corrected chi connectivity index (χ2v) is 10.1. The van der Waals surface area contributed by atoms with Gasteiger partial charge in [-0.3, -0.25) is 4.90 Å². The van der Waals surface area contributed by atoms with Gasteiger partial charge in [0.1, 0.15) is 0 Å². The van der Waals surface area contributed by atoms with Crippen LogP contribution in [0.4, 0.5) is 0 Å². The SMILES string of the molecule is CC1(C)C(CN2CCOCC2)C[C@@H]1CCN1CCC(Cc2ccccc2)CC1. The van der Waals surface area contributed by atoms with Crippen molar-refractivity contribution in [3.05, 3.63) is 35.9 Å². The zero-order valence-corrected chi connectivity index (χ0v) is 18.1. The Hall–Kier alpha value is -0.900. The molecule has 1 unspecified atom stereocenters. The first-order valence-electron chi connectivity index (χ1n) is 11.7. The van der Waals surface area contributed by atoms with Gasteiger partial charge in [-0.05, 0) is 80.5 Å². The molecule has 2 aliphatic heterocycles. The van der Waals surface area contributed by atoms with E-state index in [0.717, 1.165) is 44.1 Å². The number of ether oxygens (including phenoxy) is 1. The van der Waals surface area contributed by atoms with Crippen molar-refractivity contribution in [2.45, 2.75) is 46.0 Å². The summed E-state index contributed by atoms with van der Waals surface area (Å²) < 4.78 is 5.51. The fraction of sp³-hybridized carbons (Fsp3) is 0.760. The first kappa shape index (κ1) is 20.4. The van der Waals surface area contributed by atoms with Gasteiger partial charge in [0.2, 0.25) is 0 Å². The molecule has 0 spiro atoms. The molecule has 0 amide bonds. The average Bonchev–Trinajstić information content (AvgIpc) is 2.73. The third kappa shape index (κ3) is 4.98. The lowest BCUT2D eigenvalue weighted by Gasteiger charge is -2.54. The standard InChI is InChI=1S/C25H40N2O/c1-25(2)23(19-24(25)20-27-14-16-28-17-15-27)10-13-26-11-8-22(9-12-26)18-21-6-4-3-5-7-21/h3-7,22-24H,8-20H2,1-2H3/t23-,24?/m0/s1. The van der Waals surface area contributed by atoms with E-state index >= 15 is 0 Å². The monoisotopic (exact) mass is 384 g/mol. The number of benzene rings is 1. The maximum atomic E-state index is 5.51. The Morgan fingerprint density at radius 3 is 2.32 bits per heavy atom. The summed E-state index contributed by atoms with van der Waals surface area (Å²) in [6, 6.07) is 11.1. The van der Waals surface area contributed by atoms with Crippen molar-refractivity contribution in [2.24, 2.45) is 23.2 Å². The van der Waals surface area contributed by atoms with Crippen LogP contribution in [0.2, 0.25) is 0 Å². The number of likely N-dealkylation sites (tertiary alicyclic amines) is 1. The van der Waals surface area contributed by atoms with Gasteiger partial charge >= 0.3 is 0 Å². The molecule has 1 aliphatic carbocycles. The highest BCUT2D eigenvalue weighted by molar-refractivity contribution is 5.15. The van der Waals surface area contributed by atoms with E-state index in [2.05, 4.69) is 54.0 Å². The topological polar surface area (TPSA) is 15.7 Å². The molecule has 0 bridgehead atoms. The van der Waals surface area contributed by atoms with E-state index in [-0.39, 0.29) is 0 Å². The fourth-order valence-electron chi connectivity index (χ4n) is 5.72. The van der Waals surface area contributed by atoms with E-state index in [9.17, 15) is 0 Å². The lowest BCUT2D eigenvalue weighted by Crippen LogP contribution is -2.52. The van der Waals surface area contributed by atoms with Crippen LogP contribution in [0.3, 0.4) is 0 Å². The van der Waals surface area contributed by atoms with Gasteiger partial charge in [-0.1, -0.05) is 44.2 Å². The zero-order chi connectivity index (χ0) is 19.4. The maximum absolute atomic E-state index is 5.51. The molecule has 28 heavy (non-hydrogen) atoms. The smallest absolute Gasteiger partial charge is 0.0594 e. The third-order valence-corrected chi connectivity index (χ3v) is 8.12. The number of hydrogen-bond donors (Lipinski definition) is 0. The van der Waals surface area contributed by atoms with Crippen LogP contribution in [-0.2, 0) is 11.2 Å². The molecule has 3 fully saturated rings. The van der Waals surface area contributed by atoms with E-state index < -0.39 is 0 Å². The van der Waals surface area contributed by atoms with E-state index in [0.29, 0.717) is 5.41 Å². The van der Waals surface area contributed by atoms with Gasteiger partial charge in [-0.25, -0.2) is 0 Å². The van der Waals surface area contributed by atoms with Gasteiger partial charge in [0.15, 0.2) is 0 Å². The summed E-state index contributed by atoms with van der Waals surface area (Å²) in [5, 5.41) is 0. The first-order chi connectivity index (χ1) is 13.6. The van der Waals surface area contributed by atoms with Crippen LogP contribution in [0.15, 0.2) is 30.3 Å². The number of piperidine rings is 1. The average molecular weight is 385 g/mol. The van der Waals surface area contributed by atoms with E-state index in [4.69, 9.17) is 4.74 Å². The Balaban J connectivity index is 1.15. The van der Waals surface area contributed by atoms with Crippen LogP contribution in [-0.4, -0.2) is 62.3 Å². The molecule has 0 N–H and O–H groups in total. The maximum Gasteiger partial charge on any atom is 0.0594 e. The van der Waals surface area contributed by atoms with Crippen molar-refractivity contribution in [3.8, 4) is 0 Å². The van der Waals surface area contributed by atoms with Crippen molar-refractivity contribution in [3.63, 3.8) is 0 Å². The summed E-state index contributed by atoms with van der Waals surface area (Å²) in [5.41, 5.74) is 2.03. The van der Waals surface area contributed by atoms with Crippen molar-refractivity contribution in [1.29, 1.82) is 0 Å². The number of rotatable bonds is 7. The Bertz CT molecular complexity index is 588. The summed E-state index contributed by atoms with van der Waals surface area (Å²) in [7, 11) is 0. The highest BCUT2D eigenvalue weighted by Crippen LogP contribution is 2.53. The second kappa shape index (κ2) is 9.28. The largest absolute Gasteiger partial charge is 0.379 e. The molecule has 3 nitrogen and oxygen atoms in total. The van der Waals surface area contributed by atoms with Crippen LogP contribution in [0.5, 0.6) is 0 Å². The van der Waals surface area contributed by atoms with Crippen molar-refractivity contribution >= 4 is 0 Å². The molecule has 2 saturated heterocycles. The molecule has 1 aromatic rings. The molecule has 1 aromatic carbocycles. The molecule has 2 heterocycles. The normalized spacial score (nSPS) is 29.5. The number of hydrogen-bond acceptors (Lipinski definition) is 3. The second-order valence-electron chi connectivity index (χ2n) is 10.1. The van der Waals surface area contributed by atoms with Crippen molar-refractivity contribution in [2.75, 3.05) is 52.5 Å². The predicted molar refractivity (Wildman–Crippen MR) is 117 cm³/mol. The first-order valence-corrected chi connectivity index (χ1v) is 11.7. The highest BCUT2D eigenvalue weighted by Gasteiger charge is 2.47. The molecule has 3 heteroatoms. The van der Waals surface area contributed by atoms with Crippen molar-refractivity contribution < 1.29 is 4.74 Å². The highest BCUT2D eigenvalue weighted by atomic mass is 16.5. The van der Waals surface area contributed by atoms with Gasteiger partial charge in [0, 0.05) is 19.6 Å². The minimum Gasteiger partial charge on any atom is -0.379 e. The van der Waals surface area contributed by atoms with Gasteiger partial charge in [0.05, 0.1) is 13.2 Å². The van der Waals surface area contributed by atoms with E-state index in [1.54, 1.807) is 0 Å². The van der Waals surface area contributed by atoms with Crippen molar-refractivity contribution in [1.82, 2.24) is 9.80 Å². The fourth-order valence-corrected chi connectivity index (χ4v) is 5.72. The van der Waals surface area contributed by atoms with Crippen LogP contribution in [0.25, 0.3) is 0 Å². The molecule has 156 valence electrons. The minimum atomic E-state index is 0.518.